The summed E-state index contributed by atoms with van der Waals surface area (Å²) in [5.74, 6) is -0.289. The smallest absolute Gasteiger partial charge is 0.229 e. The van der Waals surface area contributed by atoms with Crippen molar-refractivity contribution in [3.8, 4) is 10.6 Å². The Morgan fingerprint density at radius 1 is 1.28 bits per heavy atom. The molecule has 6 heteroatoms. The Bertz CT molecular complexity index is 858. The minimum absolute atomic E-state index is 0.00407. The summed E-state index contributed by atoms with van der Waals surface area (Å²) < 4.78 is 13.3. The van der Waals surface area contributed by atoms with Crippen LogP contribution in [0.2, 0.25) is 0 Å². The lowest BCUT2D eigenvalue weighted by molar-refractivity contribution is -0.130. The molecule has 0 radical (unpaired) electrons. The van der Waals surface area contributed by atoms with Gasteiger partial charge >= 0.3 is 0 Å². The van der Waals surface area contributed by atoms with Gasteiger partial charge in [0.05, 0.1) is 18.7 Å². The van der Waals surface area contributed by atoms with Crippen molar-refractivity contribution in [1.82, 2.24) is 9.88 Å². The van der Waals surface area contributed by atoms with E-state index in [9.17, 15) is 9.18 Å². The predicted octanol–water partition coefficient (Wildman–Crippen LogP) is 4.77. The minimum atomic E-state index is -0.293. The molecular formula is C19H17FN2OS2. The molecule has 0 saturated heterocycles. The van der Waals surface area contributed by atoms with Crippen LogP contribution in [0.15, 0.2) is 59.8 Å². The molecular weight excluding hydrogens is 355 g/mol. The average molecular weight is 372 g/mol. The minimum Gasteiger partial charge on any atom is -0.334 e. The number of carbonyl (C=O) groups is 1. The van der Waals surface area contributed by atoms with Gasteiger partial charge in [-0.05, 0) is 23.6 Å². The molecule has 2 heterocycles. The maximum atomic E-state index is 13.3. The van der Waals surface area contributed by atoms with Crippen molar-refractivity contribution in [2.45, 2.75) is 13.0 Å². The second-order valence-electron chi connectivity index (χ2n) is 5.47. The number of rotatable bonds is 7. The van der Waals surface area contributed by atoms with E-state index in [0.29, 0.717) is 18.8 Å². The van der Waals surface area contributed by atoms with Crippen LogP contribution >= 0.6 is 22.7 Å². The lowest BCUT2D eigenvalue weighted by Crippen LogP contribution is -2.31. The molecule has 0 bridgehead atoms. The molecule has 0 N–H and O–H groups in total. The van der Waals surface area contributed by atoms with Crippen molar-refractivity contribution < 1.29 is 9.18 Å². The second kappa shape index (κ2) is 8.18. The Hall–Kier alpha value is -2.31. The van der Waals surface area contributed by atoms with Gasteiger partial charge in [-0.15, -0.1) is 29.3 Å². The molecule has 25 heavy (non-hydrogen) atoms. The fourth-order valence-electron chi connectivity index (χ4n) is 2.41. The van der Waals surface area contributed by atoms with E-state index >= 15 is 0 Å². The highest BCUT2D eigenvalue weighted by Crippen LogP contribution is 2.24. The van der Waals surface area contributed by atoms with E-state index in [4.69, 9.17) is 0 Å². The van der Waals surface area contributed by atoms with Crippen molar-refractivity contribution in [1.29, 1.82) is 0 Å². The van der Waals surface area contributed by atoms with Crippen LogP contribution in [-0.2, 0) is 17.8 Å². The van der Waals surface area contributed by atoms with Gasteiger partial charge in [-0.3, -0.25) is 4.79 Å². The summed E-state index contributed by atoms with van der Waals surface area (Å²) in [5, 5.41) is 4.57. The highest BCUT2D eigenvalue weighted by Gasteiger charge is 2.16. The third-order valence-corrected chi connectivity index (χ3v) is 5.39. The summed E-state index contributed by atoms with van der Waals surface area (Å²) in [6.07, 6.45) is 1.95. The number of hydrogen-bond acceptors (Lipinski definition) is 4. The van der Waals surface area contributed by atoms with Gasteiger partial charge in [0, 0.05) is 22.4 Å². The number of thiophene rings is 1. The maximum absolute atomic E-state index is 13.3. The van der Waals surface area contributed by atoms with Crippen LogP contribution < -0.4 is 0 Å². The first-order chi connectivity index (χ1) is 12.2. The third kappa shape index (κ3) is 4.61. The van der Waals surface area contributed by atoms with Crippen LogP contribution in [0.3, 0.4) is 0 Å². The van der Waals surface area contributed by atoms with Gasteiger partial charge in [-0.25, -0.2) is 9.37 Å². The van der Waals surface area contributed by atoms with Crippen molar-refractivity contribution in [2.75, 3.05) is 6.54 Å². The SMILES string of the molecule is C=CCN(Cc1cccs1)C(=O)Cc1csc(-c2cccc(F)c2)n1. The molecule has 128 valence electrons. The quantitative estimate of drug-likeness (QED) is 0.560. The van der Waals surface area contributed by atoms with E-state index < -0.39 is 0 Å². The van der Waals surface area contributed by atoms with E-state index in [1.54, 1.807) is 28.4 Å². The van der Waals surface area contributed by atoms with Crippen LogP contribution in [0.5, 0.6) is 0 Å². The van der Waals surface area contributed by atoms with Crippen molar-refractivity contribution in [3.05, 3.63) is 76.2 Å². The Kier molecular flexibility index (Phi) is 5.73. The van der Waals surface area contributed by atoms with Gasteiger partial charge in [0.25, 0.3) is 0 Å². The van der Waals surface area contributed by atoms with Gasteiger partial charge in [-0.2, -0.15) is 0 Å². The second-order valence-corrected chi connectivity index (χ2v) is 7.36. The number of nitrogens with zero attached hydrogens (tertiary/aromatic N) is 2. The van der Waals surface area contributed by atoms with E-state index in [0.717, 1.165) is 15.4 Å². The van der Waals surface area contributed by atoms with Gasteiger partial charge in [0.15, 0.2) is 0 Å². The first-order valence-corrected chi connectivity index (χ1v) is 9.53. The zero-order valence-corrected chi connectivity index (χ0v) is 15.2. The Balaban J connectivity index is 1.70. The van der Waals surface area contributed by atoms with Crippen LogP contribution in [0.1, 0.15) is 10.6 Å². The van der Waals surface area contributed by atoms with E-state index in [1.165, 1.54) is 23.5 Å². The molecule has 0 aliphatic rings. The zero-order valence-electron chi connectivity index (χ0n) is 13.5. The molecule has 3 nitrogen and oxygen atoms in total. The lowest BCUT2D eigenvalue weighted by atomic mass is 10.2. The summed E-state index contributed by atoms with van der Waals surface area (Å²) in [5.41, 5.74) is 1.43. The summed E-state index contributed by atoms with van der Waals surface area (Å²) >= 11 is 3.04. The molecule has 0 spiro atoms. The summed E-state index contributed by atoms with van der Waals surface area (Å²) in [6, 6.07) is 10.3. The third-order valence-electron chi connectivity index (χ3n) is 3.58. The van der Waals surface area contributed by atoms with E-state index in [2.05, 4.69) is 11.6 Å². The molecule has 3 rings (SSSR count). The molecule has 0 fully saturated rings. The van der Waals surface area contributed by atoms with E-state index in [-0.39, 0.29) is 18.1 Å². The number of halogens is 1. The topological polar surface area (TPSA) is 33.2 Å². The fraction of sp³-hybridized carbons (Fsp3) is 0.158. The first-order valence-electron chi connectivity index (χ1n) is 7.77. The predicted molar refractivity (Wildman–Crippen MR) is 101 cm³/mol. The molecule has 0 aliphatic heterocycles. The van der Waals surface area contributed by atoms with Crippen LogP contribution in [0.4, 0.5) is 4.39 Å². The van der Waals surface area contributed by atoms with Gasteiger partial charge in [0.1, 0.15) is 10.8 Å². The normalized spacial score (nSPS) is 10.6. The zero-order chi connectivity index (χ0) is 17.6. The summed E-state index contributed by atoms with van der Waals surface area (Å²) in [6.45, 7) is 4.80. The fourth-order valence-corrected chi connectivity index (χ4v) is 3.95. The highest BCUT2D eigenvalue weighted by atomic mass is 32.1. The van der Waals surface area contributed by atoms with Gasteiger partial charge < -0.3 is 4.90 Å². The highest BCUT2D eigenvalue weighted by molar-refractivity contribution is 7.13. The van der Waals surface area contributed by atoms with Crippen LogP contribution in [0, 0.1) is 5.82 Å². The van der Waals surface area contributed by atoms with Gasteiger partial charge in [0.2, 0.25) is 5.91 Å². The van der Waals surface area contributed by atoms with E-state index in [1.807, 2.05) is 29.0 Å². The van der Waals surface area contributed by atoms with Crippen LogP contribution in [-0.4, -0.2) is 22.3 Å². The Labute approximate surface area is 154 Å². The van der Waals surface area contributed by atoms with Crippen molar-refractivity contribution >= 4 is 28.6 Å². The summed E-state index contributed by atoms with van der Waals surface area (Å²) in [4.78, 5) is 20.0. The number of thiazole rings is 1. The van der Waals surface area contributed by atoms with Crippen LogP contribution in [0.25, 0.3) is 10.6 Å². The molecule has 3 aromatic rings. The number of carbonyl (C=O) groups excluding carboxylic acids is 1. The van der Waals surface area contributed by atoms with Crippen molar-refractivity contribution in [2.24, 2.45) is 0 Å². The molecule has 2 aromatic heterocycles. The lowest BCUT2D eigenvalue weighted by Gasteiger charge is -2.20. The molecule has 0 saturated carbocycles. The standard InChI is InChI=1S/C19H17FN2OS2/c1-2-8-22(12-17-7-4-9-24-17)18(23)11-16-13-25-19(21-16)14-5-3-6-15(20)10-14/h2-7,9-10,13H,1,8,11-12H2. The molecule has 0 atom stereocenters. The molecule has 0 unspecified atom stereocenters. The Morgan fingerprint density at radius 2 is 2.16 bits per heavy atom. The Morgan fingerprint density at radius 3 is 2.88 bits per heavy atom. The molecule has 1 aromatic carbocycles. The summed E-state index contributed by atoms with van der Waals surface area (Å²) in [7, 11) is 0. The number of benzene rings is 1. The molecule has 1 amide bonds. The average Bonchev–Trinajstić information content (AvgIpc) is 3.26. The largest absolute Gasteiger partial charge is 0.334 e. The van der Waals surface area contributed by atoms with Crippen molar-refractivity contribution in [3.63, 3.8) is 0 Å². The number of amides is 1. The number of aromatic nitrogens is 1. The monoisotopic (exact) mass is 372 g/mol. The molecule has 0 aliphatic carbocycles. The number of hydrogen-bond donors (Lipinski definition) is 0. The van der Waals surface area contributed by atoms with Gasteiger partial charge in [-0.1, -0.05) is 24.3 Å². The maximum Gasteiger partial charge on any atom is 0.229 e. The first kappa shape index (κ1) is 17.5.